The van der Waals surface area contributed by atoms with Crippen molar-refractivity contribution in [1.82, 2.24) is 39.5 Å². The van der Waals surface area contributed by atoms with Crippen LogP contribution in [0.2, 0.25) is 0 Å². The summed E-state index contributed by atoms with van der Waals surface area (Å²) in [5.41, 5.74) is 2.69. The van der Waals surface area contributed by atoms with Crippen molar-refractivity contribution in [1.29, 1.82) is 5.26 Å². The van der Waals surface area contributed by atoms with Crippen LogP contribution in [0.3, 0.4) is 0 Å². The number of piperidine rings is 1. The predicted octanol–water partition coefficient (Wildman–Crippen LogP) is 2.85. The number of H-pyrrole nitrogens is 1. The molecule has 6 heterocycles. The number of anilines is 1. The van der Waals surface area contributed by atoms with E-state index in [0.717, 1.165) is 48.2 Å². The molecule has 194 valence electrons. The number of urea groups is 1. The molecule has 0 aromatic carbocycles. The maximum absolute atomic E-state index is 12.8. The molecule has 0 unspecified atom stereocenters. The molecular formula is C26H28N10O2. The molecule has 12 nitrogen and oxygen atoms in total. The summed E-state index contributed by atoms with van der Waals surface area (Å²) in [5, 5.41) is 18.1. The molecule has 0 aliphatic carbocycles. The van der Waals surface area contributed by atoms with Gasteiger partial charge in [0.15, 0.2) is 0 Å². The Bertz CT molecular complexity index is 1490. The number of aromatic amines is 1. The molecule has 2 aliphatic rings. The molecule has 2 aliphatic heterocycles. The largest absolute Gasteiger partial charge is 0.480 e. The number of fused-ring (bicyclic) bond motifs is 1. The lowest BCUT2D eigenvalue weighted by atomic mass is 9.84. The second-order valence-electron chi connectivity index (χ2n) is 9.81. The average Bonchev–Trinajstić information content (AvgIpc) is 3.61. The van der Waals surface area contributed by atoms with Crippen LogP contribution in [0.4, 0.5) is 10.5 Å². The zero-order valence-electron chi connectivity index (χ0n) is 21.0. The lowest BCUT2D eigenvalue weighted by Crippen LogP contribution is -2.66. The van der Waals surface area contributed by atoms with Crippen LogP contribution in [0.25, 0.3) is 22.3 Å². The molecule has 0 radical (unpaired) electrons. The SMILES string of the molecule is COc1ncccc1NC(=O)N1CCC(N2CC(CC#N)(n3cc(-c4ncnc5[nH]ccc45)cn3)C2)CC1. The summed E-state index contributed by atoms with van der Waals surface area (Å²) in [6.07, 6.45) is 10.9. The highest BCUT2D eigenvalue weighted by Crippen LogP contribution is 2.37. The van der Waals surface area contributed by atoms with E-state index in [1.807, 2.05) is 34.2 Å². The molecule has 4 aromatic heterocycles. The Morgan fingerprint density at radius 2 is 2.11 bits per heavy atom. The summed E-state index contributed by atoms with van der Waals surface area (Å²) in [6.45, 7) is 2.81. The minimum atomic E-state index is -0.372. The van der Waals surface area contributed by atoms with Crippen LogP contribution in [-0.2, 0) is 5.54 Å². The van der Waals surface area contributed by atoms with Gasteiger partial charge in [-0.15, -0.1) is 0 Å². The van der Waals surface area contributed by atoms with E-state index in [-0.39, 0.29) is 11.6 Å². The van der Waals surface area contributed by atoms with Gasteiger partial charge in [-0.05, 0) is 31.0 Å². The lowest BCUT2D eigenvalue weighted by Gasteiger charge is -2.53. The van der Waals surface area contributed by atoms with Gasteiger partial charge in [0.2, 0.25) is 5.88 Å². The first-order valence-electron chi connectivity index (χ1n) is 12.6. The number of carbonyl (C=O) groups excluding carboxylic acids is 1. The molecule has 2 N–H and O–H groups in total. The number of rotatable bonds is 6. The summed E-state index contributed by atoms with van der Waals surface area (Å²) in [5.74, 6) is 0.393. The summed E-state index contributed by atoms with van der Waals surface area (Å²) in [6, 6.07) is 8.07. The van der Waals surface area contributed by atoms with E-state index < -0.39 is 0 Å². The number of methoxy groups -OCH3 is 1. The van der Waals surface area contributed by atoms with Gasteiger partial charge in [-0.25, -0.2) is 19.7 Å². The highest BCUT2D eigenvalue weighted by atomic mass is 16.5. The Labute approximate surface area is 219 Å². The summed E-state index contributed by atoms with van der Waals surface area (Å²) in [4.78, 5) is 33.0. The molecule has 0 saturated carbocycles. The quantitative estimate of drug-likeness (QED) is 0.402. The molecule has 12 heteroatoms. The summed E-state index contributed by atoms with van der Waals surface area (Å²) in [7, 11) is 1.53. The third-order valence-electron chi connectivity index (χ3n) is 7.57. The molecule has 2 fully saturated rings. The van der Waals surface area contributed by atoms with Crippen molar-refractivity contribution in [3.63, 3.8) is 0 Å². The molecule has 2 amide bonds. The number of amides is 2. The number of nitrogens with zero attached hydrogens (tertiary/aromatic N) is 8. The topological polar surface area (TPSA) is 141 Å². The van der Waals surface area contributed by atoms with Crippen molar-refractivity contribution in [2.45, 2.75) is 30.8 Å². The van der Waals surface area contributed by atoms with Gasteiger partial charge in [-0.3, -0.25) is 9.58 Å². The molecule has 0 bridgehead atoms. The lowest BCUT2D eigenvalue weighted by molar-refractivity contribution is -0.0399. The number of nitriles is 1. The molecule has 38 heavy (non-hydrogen) atoms. The molecule has 0 atom stereocenters. The third-order valence-corrected chi connectivity index (χ3v) is 7.57. The van der Waals surface area contributed by atoms with Crippen LogP contribution in [0.15, 0.2) is 49.3 Å². The molecule has 4 aromatic rings. The number of likely N-dealkylation sites (tertiary alicyclic amines) is 2. The van der Waals surface area contributed by atoms with Crippen molar-refractivity contribution in [3.8, 4) is 23.2 Å². The van der Waals surface area contributed by atoms with E-state index in [1.54, 1.807) is 24.7 Å². The van der Waals surface area contributed by atoms with E-state index in [1.165, 1.54) is 7.11 Å². The fraction of sp³-hybridized carbons (Fsp3) is 0.385. The number of ether oxygens (including phenoxy) is 1. The smallest absolute Gasteiger partial charge is 0.321 e. The van der Waals surface area contributed by atoms with Crippen LogP contribution >= 0.6 is 0 Å². The van der Waals surface area contributed by atoms with Crippen LogP contribution in [-0.4, -0.2) is 84.9 Å². The number of nitrogens with one attached hydrogen (secondary N) is 2. The standard InChI is InChI=1S/C26H28N10O2/c1-38-24-21(3-2-9-29-24)33-25(37)34-11-5-19(6-12-34)35-15-26(16-35,7-8-27)36-14-18(13-32-36)22-20-4-10-28-23(20)31-17-30-22/h2-4,9-10,13-14,17,19H,5-7,11-12,15-16H2,1H3,(H,33,37)(H,28,30,31). The second kappa shape index (κ2) is 9.75. The van der Waals surface area contributed by atoms with Crippen molar-refractivity contribution < 1.29 is 9.53 Å². The van der Waals surface area contributed by atoms with Gasteiger partial charge in [-0.1, -0.05) is 0 Å². The van der Waals surface area contributed by atoms with E-state index in [2.05, 4.69) is 41.3 Å². The maximum Gasteiger partial charge on any atom is 0.321 e. The Morgan fingerprint density at radius 1 is 1.26 bits per heavy atom. The number of hydrogen-bond donors (Lipinski definition) is 2. The zero-order chi connectivity index (χ0) is 26.1. The summed E-state index contributed by atoms with van der Waals surface area (Å²) < 4.78 is 7.17. The van der Waals surface area contributed by atoms with Gasteiger partial charge in [-0.2, -0.15) is 10.4 Å². The molecule has 2 saturated heterocycles. The van der Waals surface area contributed by atoms with Crippen molar-refractivity contribution in [3.05, 3.63) is 49.3 Å². The minimum absolute atomic E-state index is 0.150. The van der Waals surface area contributed by atoms with Gasteiger partial charge >= 0.3 is 6.03 Å². The first-order valence-corrected chi connectivity index (χ1v) is 12.6. The van der Waals surface area contributed by atoms with Gasteiger partial charge in [0.05, 0.1) is 31.5 Å². The first kappa shape index (κ1) is 23.9. The predicted molar refractivity (Wildman–Crippen MR) is 139 cm³/mol. The van der Waals surface area contributed by atoms with E-state index in [4.69, 9.17) is 4.74 Å². The Kier molecular flexibility index (Phi) is 6.13. The van der Waals surface area contributed by atoms with Crippen LogP contribution < -0.4 is 10.1 Å². The highest BCUT2D eigenvalue weighted by molar-refractivity contribution is 5.91. The molecule has 0 spiro atoms. The van der Waals surface area contributed by atoms with Crippen molar-refractivity contribution in [2.75, 3.05) is 38.6 Å². The van der Waals surface area contributed by atoms with Gasteiger partial charge in [0.25, 0.3) is 0 Å². The normalized spacial score (nSPS) is 17.6. The molecule has 6 rings (SSSR count). The van der Waals surface area contributed by atoms with Gasteiger partial charge < -0.3 is 19.9 Å². The zero-order valence-corrected chi connectivity index (χ0v) is 21.0. The Hall–Kier alpha value is -4.50. The van der Waals surface area contributed by atoms with E-state index in [9.17, 15) is 10.1 Å². The number of hydrogen-bond acceptors (Lipinski definition) is 8. The third kappa shape index (κ3) is 4.20. The Morgan fingerprint density at radius 3 is 2.89 bits per heavy atom. The van der Waals surface area contributed by atoms with Gasteiger partial charge in [0.1, 0.15) is 23.2 Å². The maximum atomic E-state index is 12.8. The highest BCUT2D eigenvalue weighted by Gasteiger charge is 2.48. The summed E-state index contributed by atoms with van der Waals surface area (Å²) >= 11 is 0. The van der Waals surface area contributed by atoms with E-state index in [0.29, 0.717) is 37.1 Å². The van der Waals surface area contributed by atoms with Gasteiger partial charge in [0, 0.05) is 61.8 Å². The number of pyridine rings is 1. The van der Waals surface area contributed by atoms with Crippen molar-refractivity contribution >= 4 is 22.8 Å². The fourth-order valence-corrected chi connectivity index (χ4v) is 5.54. The minimum Gasteiger partial charge on any atom is -0.480 e. The number of aromatic nitrogens is 6. The average molecular weight is 513 g/mol. The van der Waals surface area contributed by atoms with Crippen LogP contribution in [0.1, 0.15) is 19.3 Å². The van der Waals surface area contributed by atoms with Crippen LogP contribution in [0.5, 0.6) is 5.88 Å². The second-order valence-corrected chi connectivity index (χ2v) is 9.81. The fourth-order valence-electron chi connectivity index (χ4n) is 5.54. The molecular weight excluding hydrogens is 484 g/mol. The Balaban J connectivity index is 1.09. The van der Waals surface area contributed by atoms with Crippen LogP contribution in [0, 0.1) is 11.3 Å². The van der Waals surface area contributed by atoms with Crippen molar-refractivity contribution in [2.24, 2.45) is 0 Å². The first-order chi connectivity index (χ1) is 18.6. The monoisotopic (exact) mass is 512 g/mol. The number of carbonyl (C=O) groups is 1. The van der Waals surface area contributed by atoms with E-state index >= 15 is 0 Å².